The van der Waals surface area contributed by atoms with Crippen LogP contribution in [-0.2, 0) is 9.59 Å². The number of hydrogen-bond donors (Lipinski definition) is 2. The van der Waals surface area contributed by atoms with E-state index in [4.69, 9.17) is 5.11 Å². The van der Waals surface area contributed by atoms with Gasteiger partial charge in [0.15, 0.2) is 5.13 Å². The van der Waals surface area contributed by atoms with Crippen molar-refractivity contribution in [1.29, 1.82) is 0 Å². The molecule has 2 N–H and O–H groups in total. The molecule has 104 valence electrons. The van der Waals surface area contributed by atoms with Crippen LogP contribution in [0.15, 0.2) is 11.6 Å². The highest BCUT2D eigenvalue weighted by atomic mass is 32.1. The number of thiazole rings is 1. The number of likely N-dealkylation sites (tertiary alicyclic amines) is 1. The van der Waals surface area contributed by atoms with E-state index in [1.165, 1.54) is 11.3 Å². The van der Waals surface area contributed by atoms with Crippen LogP contribution in [-0.4, -0.2) is 46.5 Å². The molecule has 0 aliphatic carbocycles. The van der Waals surface area contributed by atoms with E-state index in [0.717, 1.165) is 25.9 Å². The van der Waals surface area contributed by atoms with Gasteiger partial charge in [0.25, 0.3) is 0 Å². The van der Waals surface area contributed by atoms with Gasteiger partial charge < -0.3 is 10.4 Å². The standard InChI is InChI=1S/C12H17N3O3S/c16-10(14-12-13-3-6-19-12)8-15-4-1-9(2-5-15)7-11(17)18/h3,6,9H,1-2,4-5,7-8H2,(H,17,18)(H,13,14,16). The molecule has 0 saturated carbocycles. The molecule has 1 saturated heterocycles. The van der Waals surface area contributed by atoms with E-state index in [9.17, 15) is 9.59 Å². The number of nitrogens with one attached hydrogen (secondary N) is 1. The van der Waals surface area contributed by atoms with Gasteiger partial charge in [-0.3, -0.25) is 14.5 Å². The van der Waals surface area contributed by atoms with Gasteiger partial charge in [0.05, 0.1) is 6.54 Å². The molecule has 1 fully saturated rings. The highest BCUT2D eigenvalue weighted by Gasteiger charge is 2.22. The number of amides is 1. The smallest absolute Gasteiger partial charge is 0.303 e. The van der Waals surface area contributed by atoms with Crippen molar-refractivity contribution >= 4 is 28.3 Å². The van der Waals surface area contributed by atoms with Crippen LogP contribution in [0, 0.1) is 5.92 Å². The predicted molar refractivity (Wildman–Crippen MR) is 72.2 cm³/mol. The average Bonchev–Trinajstić information content (AvgIpc) is 2.83. The Morgan fingerprint density at radius 1 is 1.47 bits per heavy atom. The summed E-state index contributed by atoms with van der Waals surface area (Å²) >= 11 is 1.39. The van der Waals surface area contributed by atoms with Gasteiger partial charge in [0.2, 0.25) is 5.91 Å². The van der Waals surface area contributed by atoms with Gasteiger partial charge in [0, 0.05) is 18.0 Å². The van der Waals surface area contributed by atoms with Crippen LogP contribution in [0.25, 0.3) is 0 Å². The van der Waals surface area contributed by atoms with Crippen molar-refractivity contribution in [1.82, 2.24) is 9.88 Å². The first-order chi connectivity index (χ1) is 9.13. The fraction of sp³-hybridized carbons (Fsp3) is 0.583. The van der Waals surface area contributed by atoms with E-state index < -0.39 is 5.97 Å². The van der Waals surface area contributed by atoms with Crippen LogP contribution in [0.3, 0.4) is 0 Å². The van der Waals surface area contributed by atoms with E-state index in [-0.39, 0.29) is 18.2 Å². The fourth-order valence-corrected chi connectivity index (χ4v) is 2.79. The number of carboxylic acids is 1. The van der Waals surface area contributed by atoms with Crippen molar-refractivity contribution in [3.63, 3.8) is 0 Å². The van der Waals surface area contributed by atoms with Crippen LogP contribution in [0.2, 0.25) is 0 Å². The zero-order valence-corrected chi connectivity index (χ0v) is 11.4. The summed E-state index contributed by atoms with van der Waals surface area (Å²) in [4.78, 5) is 28.4. The minimum Gasteiger partial charge on any atom is -0.481 e. The molecule has 6 nitrogen and oxygen atoms in total. The molecule has 1 aromatic heterocycles. The normalized spacial score (nSPS) is 17.3. The van der Waals surface area contributed by atoms with Crippen LogP contribution in [0.4, 0.5) is 5.13 Å². The third kappa shape index (κ3) is 4.60. The Kier molecular flexibility index (Phi) is 4.86. The molecule has 19 heavy (non-hydrogen) atoms. The SMILES string of the molecule is O=C(O)CC1CCN(CC(=O)Nc2nccs2)CC1. The molecule has 1 amide bonds. The molecule has 0 aromatic carbocycles. The van der Waals surface area contributed by atoms with Crippen molar-refractivity contribution in [3.8, 4) is 0 Å². The van der Waals surface area contributed by atoms with E-state index in [2.05, 4.69) is 15.2 Å². The van der Waals surface area contributed by atoms with Gasteiger partial charge in [-0.1, -0.05) is 0 Å². The van der Waals surface area contributed by atoms with Gasteiger partial charge in [-0.05, 0) is 31.8 Å². The molecule has 7 heteroatoms. The van der Waals surface area contributed by atoms with E-state index >= 15 is 0 Å². The molecule has 0 atom stereocenters. The number of piperidine rings is 1. The van der Waals surface area contributed by atoms with Crippen LogP contribution >= 0.6 is 11.3 Å². The highest BCUT2D eigenvalue weighted by Crippen LogP contribution is 2.20. The summed E-state index contributed by atoms with van der Waals surface area (Å²) in [5.41, 5.74) is 0. The number of carboxylic acid groups (broad SMARTS) is 1. The van der Waals surface area contributed by atoms with Crippen molar-refractivity contribution in [2.45, 2.75) is 19.3 Å². The maximum absolute atomic E-state index is 11.8. The summed E-state index contributed by atoms with van der Waals surface area (Å²) in [6, 6.07) is 0. The van der Waals surface area contributed by atoms with Gasteiger partial charge in [0.1, 0.15) is 0 Å². The largest absolute Gasteiger partial charge is 0.481 e. The Bertz CT molecular complexity index is 427. The third-order valence-corrected chi connectivity index (χ3v) is 3.90. The lowest BCUT2D eigenvalue weighted by Gasteiger charge is -2.30. The van der Waals surface area contributed by atoms with E-state index in [1.54, 1.807) is 6.20 Å². The number of carbonyl (C=O) groups is 2. The number of aliphatic carboxylic acids is 1. The quantitative estimate of drug-likeness (QED) is 0.850. The average molecular weight is 283 g/mol. The van der Waals surface area contributed by atoms with Gasteiger partial charge >= 0.3 is 5.97 Å². The number of anilines is 1. The van der Waals surface area contributed by atoms with Gasteiger partial charge in [-0.2, -0.15) is 0 Å². The van der Waals surface area contributed by atoms with Crippen LogP contribution in [0.1, 0.15) is 19.3 Å². The zero-order chi connectivity index (χ0) is 13.7. The Balaban J connectivity index is 1.70. The summed E-state index contributed by atoms with van der Waals surface area (Å²) in [5.74, 6) is -0.553. The number of hydrogen-bond acceptors (Lipinski definition) is 5. The first-order valence-electron chi connectivity index (χ1n) is 6.27. The Hall–Kier alpha value is -1.47. The zero-order valence-electron chi connectivity index (χ0n) is 10.5. The fourth-order valence-electron chi connectivity index (χ4n) is 2.24. The Labute approximate surface area is 115 Å². The van der Waals surface area contributed by atoms with Crippen molar-refractivity contribution in [2.24, 2.45) is 5.92 Å². The summed E-state index contributed by atoms with van der Waals surface area (Å²) in [7, 11) is 0. The summed E-state index contributed by atoms with van der Waals surface area (Å²) in [5, 5.41) is 13.9. The molecule has 1 aliphatic heterocycles. The first kappa shape index (κ1) is 14.0. The second kappa shape index (κ2) is 6.63. The van der Waals surface area contributed by atoms with E-state index in [1.807, 2.05) is 5.38 Å². The number of nitrogens with zero attached hydrogens (tertiary/aromatic N) is 2. The highest BCUT2D eigenvalue weighted by molar-refractivity contribution is 7.13. The topological polar surface area (TPSA) is 82.5 Å². The molecule has 0 spiro atoms. The summed E-state index contributed by atoms with van der Waals surface area (Å²) < 4.78 is 0. The monoisotopic (exact) mass is 283 g/mol. The Morgan fingerprint density at radius 3 is 2.79 bits per heavy atom. The summed E-state index contributed by atoms with van der Waals surface area (Å²) in [6.45, 7) is 1.91. The van der Waals surface area contributed by atoms with E-state index in [0.29, 0.717) is 11.7 Å². The first-order valence-corrected chi connectivity index (χ1v) is 7.15. The molecule has 0 unspecified atom stereocenters. The summed E-state index contributed by atoms with van der Waals surface area (Å²) in [6.07, 6.45) is 3.57. The molecule has 0 bridgehead atoms. The number of carbonyl (C=O) groups excluding carboxylic acids is 1. The van der Waals surface area contributed by atoms with Crippen LogP contribution < -0.4 is 5.32 Å². The van der Waals surface area contributed by atoms with Gasteiger partial charge in [-0.25, -0.2) is 4.98 Å². The molecular formula is C12H17N3O3S. The minimum absolute atomic E-state index is 0.0633. The number of rotatable bonds is 5. The maximum atomic E-state index is 11.8. The minimum atomic E-state index is -0.736. The molecule has 2 rings (SSSR count). The maximum Gasteiger partial charge on any atom is 0.303 e. The van der Waals surface area contributed by atoms with Crippen molar-refractivity contribution in [2.75, 3.05) is 25.0 Å². The van der Waals surface area contributed by atoms with Crippen molar-refractivity contribution < 1.29 is 14.7 Å². The lowest BCUT2D eigenvalue weighted by molar-refractivity contribution is -0.138. The van der Waals surface area contributed by atoms with Crippen molar-refractivity contribution in [3.05, 3.63) is 11.6 Å². The molecule has 1 aliphatic rings. The van der Waals surface area contributed by atoms with Crippen LogP contribution in [0.5, 0.6) is 0 Å². The molecular weight excluding hydrogens is 266 g/mol. The lowest BCUT2D eigenvalue weighted by atomic mass is 9.94. The predicted octanol–water partition coefficient (Wildman–Crippen LogP) is 1.27. The van der Waals surface area contributed by atoms with Gasteiger partial charge in [-0.15, -0.1) is 11.3 Å². The lowest BCUT2D eigenvalue weighted by Crippen LogP contribution is -2.39. The second-order valence-corrected chi connectivity index (χ2v) is 5.60. The number of aromatic nitrogens is 1. The second-order valence-electron chi connectivity index (χ2n) is 4.70. The molecule has 2 heterocycles. The Morgan fingerprint density at radius 2 is 2.21 bits per heavy atom. The molecule has 0 radical (unpaired) electrons. The molecule has 1 aromatic rings. The third-order valence-electron chi connectivity index (χ3n) is 3.22.